The highest BCUT2D eigenvalue weighted by molar-refractivity contribution is 6.06. The van der Waals surface area contributed by atoms with Gasteiger partial charge in [0.2, 0.25) is 11.8 Å². The number of hydrogen-bond acceptors (Lipinski definition) is 5. The number of rotatable bonds is 6. The molecule has 3 heterocycles. The Kier molecular flexibility index (Phi) is 5.85. The smallest absolute Gasteiger partial charge is 0.261 e. The molecule has 2 fully saturated rings. The van der Waals surface area contributed by atoms with Gasteiger partial charge in [0.05, 0.1) is 12.6 Å². The van der Waals surface area contributed by atoms with E-state index in [0.29, 0.717) is 36.4 Å². The lowest BCUT2D eigenvalue weighted by Gasteiger charge is -2.27. The predicted octanol–water partition coefficient (Wildman–Crippen LogP) is 1.52. The van der Waals surface area contributed by atoms with Crippen molar-refractivity contribution >= 4 is 29.1 Å². The fourth-order valence-corrected chi connectivity index (χ4v) is 4.82. The standard InChI is InChI=1S/C23H29N3O5/c1-15(5-2-7-20(28)26-11-3-6-17(26)14-27)23(31)18-13-16(25-12-4-8-21(25)29)9-10-19(18)24-22(23)30/h2,5,9-10,13,15,17,27,31H,3-4,6-8,11-12,14H2,1H3,(H,24,30)/b5-2+/t15-,17+,23+/m1/s1. The summed E-state index contributed by atoms with van der Waals surface area (Å²) in [5.74, 6) is -1.14. The lowest BCUT2D eigenvalue weighted by Crippen LogP contribution is -2.40. The number of carbonyl (C=O) groups excluding carboxylic acids is 3. The van der Waals surface area contributed by atoms with Gasteiger partial charge in [-0.05, 0) is 37.5 Å². The van der Waals surface area contributed by atoms with Crippen LogP contribution < -0.4 is 10.2 Å². The predicted molar refractivity (Wildman–Crippen MR) is 115 cm³/mol. The van der Waals surface area contributed by atoms with Crippen LogP contribution in [0, 0.1) is 5.92 Å². The number of aliphatic hydroxyl groups is 2. The van der Waals surface area contributed by atoms with Crippen molar-refractivity contribution in [1.29, 1.82) is 0 Å². The molecule has 0 aliphatic carbocycles. The van der Waals surface area contributed by atoms with Crippen molar-refractivity contribution in [3.8, 4) is 0 Å². The fourth-order valence-electron chi connectivity index (χ4n) is 4.82. The lowest BCUT2D eigenvalue weighted by molar-refractivity contribution is -0.137. The van der Waals surface area contributed by atoms with Crippen LogP contribution in [-0.4, -0.2) is 58.6 Å². The van der Waals surface area contributed by atoms with E-state index in [9.17, 15) is 24.6 Å². The van der Waals surface area contributed by atoms with Crippen LogP contribution in [0.25, 0.3) is 0 Å². The van der Waals surface area contributed by atoms with E-state index in [1.807, 2.05) is 0 Å². The van der Waals surface area contributed by atoms with Crippen LogP contribution in [-0.2, 0) is 20.0 Å². The molecule has 3 atom stereocenters. The summed E-state index contributed by atoms with van der Waals surface area (Å²) in [6.45, 7) is 2.96. The third kappa shape index (κ3) is 3.74. The van der Waals surface area contributed by atoms with Crippen LogP contribution in [0.5, 0.6) is 0 Å². The van der Waals surface area contributed by atoms with Gasteiger partial charge in [-0.15, -0.1) is 0 Å². The maximum absolute atomic E-state index is 12.7. The van der Waals surface area contributed by atoms with Gasteiger partial charge in [0.1, 0.15) is 0 Å². The third-order valence-corrected chi connectivity index (χ3v) is 6.68. The molecule has 1 aromatic rings. The Morgan fingerprint density at radius 3 is 2.84 bits per heavy atom. The van der Waals surface area contributed by atoms with Crippen molar-refractivity contribution in [3.05, 3.63) is 35.9 Å². The third-order valence-electron chi connectivity index (χ3n) is 6.68. The number of nitrogens with zero attached hydrogens (tertiary/aromatic N) is 2. The molecule has 3 N–H and O–H groups in total. The average molecular weight is 428 g/mol. The minimum Gasteiger partial charge on any atom is -0.394 e. The second-order valence-corrected chi connectivity index (χ2v) is 8.59. The number of carbonyl (C=O) groups is 3. The Bertz CT molecular complexity index is 930. The van der Waals surface area contributed by atoms with Crippen molar-refractivity contribution < 1.29 is 24.6 Å². The highest BCUT2D eigenvalue weighted by Gasteiger charge is 2.49. The normalized spacial score (nSPS) is 26.6. The molecule has 0 unspecified atom stereocenters. The summed E-state index contributed by atoms with van der Waals surface area (Å²) in [4.78, 5) is 40.7. The van der Waals surface area contributed by atoms with E-state index in [2.05, 4.69) is 5.32 Å². The van der Waals surface area contributed by atoms with E-state index in [4.69, 9.17) is 0 Å². The first-order chi connectivity index (χ1) is 14.9. The van der Waals surface area contributed by atoms with E-state index in [1.54, 1.807) is 47.1 Å². The molecule has 2 saturated heterocycles. The number of hydrogen-bond donors (Lipinski definition) is 3. The van der Waals surface area contributed by atoms with E-state index < -0.39 is 17.4 Å². The van der Waals surface area contributed by atoms with Crippen molar-refractivity contribution in [2.75, 3.05) is 29.9 Å². The SMILES string of the molecule is C[C@H](/C=C/CC(=O)N1CCC[C@H]1CO)[C@@]1(O)C(=O)Nc2ccc(N3CCCC3=O)cc21. The molecule has 0 bridgehead atoms. The van der Waals surface area contributed by atoms with Crippen LogP contribution >= 0.6 is 0 Å². The molecule has 8 nitrogen and oxygen atoms in total. The molecular formula is C23H29N3O5. The molecule has 166 valence electrons. The first kappa shape index (κ1) is 21.5. The van der Waals surface area contributed by atoms with Crippen LogP contribution in [0.4, 0.5) is 11.4 Å². The van der Waals surface area contributed by atoms with Gasteiger partial charge in [0.25, 0.3) is 5.91 Å². The number of nitrogens with one attached hydrogen (secondary N) is 1. The van der Waals surface area contributed by atoms with Gasteiger partial charge >= 0.3 is 0 Å². The summed E-state index contributed by atoms with van der Waals surface area (Å²) in [5, 5.41) is 23.5. The van der Waals surface area contributed by atoms with Crippen molar-refractivity contribution in [3.63, 3.8) is 0 Å². The zero-order chi connectivity index (χ0) is 22.2. The quantitative estimate of drug-likeness (QED) is 0.596. The van der Waals surface area contributed by atoms with Gasteiger partial charge in [-0.2, -0.15) is 0 Å². The second-order valence-electron chi connectivity index (χ2n) is 8.59. The molecular weight excluding hydrogens is 398 g/mol. The maximum atomic E-state index is 12.7. The number of anilines is 2. The zero-order valence-electron chi connectivity index (χ0n) is 17.7. The Labute approximate surface area is 181 Å². The molecule has 1 aromatic carbocycles. The Morgan fingerprint density at radius 1 is 1.32 bits per heavy atom. The maximum Gasteiger partial charge on any atom is 0.261 e. The number of fused-ring (bicyclic) bond motifs is 1. The molecule has 3 amide bonds. The molecule has 0 saturated carbocycles. The molecule has 8 heteroatoms. The average Bonchev–Trinajstić information content (AvgIpc) is 3.46. The highest BCUT2D eigenvalue weighted by atomic mass is 16.3. The van der Waals surface area contributed by atoms with E-state index >= 15 is 0 Å². The minimum atomic E-state index is -1.78. The molecule has 4 rings (SSSR count). The fraction of sp³-hybridized carbons (Fsp3) is 0.522. The Morgan fingerprint density at radius 2 is 2.13 bits per heavy atom. The molecule has 0 aromatic heterocycles. The van der Waals surface area contributed by atoms with Gasteiger partial charge in [-0.3, -0.25) is 14.4 Å². The van der Waals surface area contributed by atoms with Crippen LogP contribution in [0.15, 0.2) is 30.4 Å². The summed E-state index contributed by atoms with van der Waals surface area (Å²) in [5.41, 5.74) is -0.138. The molecule has 31 heavy (non-hydrogen) atoms. The van der Waals surface area contributed by atoms with Crippen LogP contribution in [0.1, 0.15) is 44.6 Å². The van der Waals surface area contributed by atoms with Crippen molar-refractivity contribution in [1.82, 2.24) is 4.90 Å². The zero-order valence-corrected chi connectivity index (χ0v) is 17.7. The summed E-state index contributed by atoms with van der Waals surface area (Å²) >= 11 is 0. The molecule has 3 aliphatic rings. The van der Waals surface area contributed by atoms with Crippen LogP contribution in [0.3, 0.4) is 0 Å². The Balaban J connectivity index is 1.51. The number of aliphatic hydroxyl groups excluding tert-OH is 1. The van der Waals surface area contributed by atoms with Crippen LogP contribution in [0.2, 0.25) is 0 Å². The van der Waals surface area contributed by atoms with E-state index in [1.165, 1.54) is 0 Å². The summed E-state index contributed by atoms with van der Waals surface area (Å²) < 4.78 is 0. The largest absolute Gasteiger partial charge is 0.394 e. The monoisotopic (exact) mass is 427 g/mol. The van der Waals surface area contributed by atoms with Crippen molar-refractivity contribution in [2.24, 2.45) is 5.92 Å². The molecule has 0 spiro atoms. The van der Waals surface area contributed by atoms with E-state index in [-0.39, 0.29) is 30.9 Å². The molecule has 0 radical (unpaired) electrons. The first-order valence-corrected chi connectivity index (χ1v) is 10.9. The van der Waals surface area contributed by atoms with Gasteiger partial charge in [0, 0.05) is 48.8 Å². The molecule has 3 aliphatic heterocycles. The minimum absolute atomic E-state index is 0.0373. The van der Waals surface area contributed by atoms with Gasteiger partial charge in [-0.25, -0.2) is 0 Å². The number of likely N-dealkylation sites (tertiary alicyclic amines) is 1. The Hall–Kier alpha value is -2.71. The second kappa shape index (κ2) is 8.43. The summed E-state index contributed by atoms with van der Waals surface area (Å²) in [6.07, 6.45) is 6.49. The number of benzene rings is 1. The van der Waals surface area contributed by atoms with Gasteiger partial charge < -0.3 is 25.3 Å². The van der Waals surface area contributed by atoms with Gasteiger partial charge in [0.15, 0.2) is 5.60 Å². The van der Waals surface area contributed by atoms with E-state index in [0.717, 1.165) is 19.3 Å². The van der Waals surface area contributed by atoms with Gasteiger partial charge in [-0.1, -0.05) is 19.1 Å². The summed E-state index contributed by atoms with van der Waals surface area (Å²) in [7, 11) is 0. The lowest BCUT2D eigenvalue weighted by atomic mass is 9.82. The van der Waals surface area contributed by atoms with Crippen molar-refractivity contribution in [2.45, 2.75) is 50.7 Å². The highest BCUT2D eigenvalue weighted by Crippen LogP contribution is 2.43. The number of amides is 3. The summed E-state index contributed by atoms with van der Waals surface area (Å²) in [6, 6.07) is 5.08. The topological polar surface area (TPSA) is 110 Å². The first-order valence-electron chi connectivity index (χ1n) is 10.9.